The Hall–Kier alpha value is -0.300. The van der Waals surface area contributed by atoms with Crippen LogP contribution in [0.4, 0.5) is 0 Å². The molecule has 1 saturated heterocycles. The monoisotopic (exact) mass is 165 g/mol. The fraction of sp³-hybridized carbons (Fsp3) is 0.818. The zero-order chi connectivity index (χ0) is 8.23. The third-order valence-electron chi connectivity index (χ3n) is 3.06. The Bertz CT molecular complexity index is 166. The van der Waals surface area contributed by atoms with Crippen LogP contribution in [-0.4, -0.2) is 12.6 Å². The quantitative estimate of drug-likeness (QED) is 0.620. The summed E-state index contributed by atoms with van der Waals surface area (Å²) in [6.45, 7) is 1.25. The van der Waals surface area contributed by atoms with Crippen molar-refractivity contribution in [1.82, 2.24) is 5.32 Å². The molecule has 0 aromatic heterocycles. The Morgan fingerprint density at radius 3 is 3.00 bits per heavy atom. The summed E-state index contributed by atoms with van der Waals surface area (Å²) in [6, 6.07) is 0.814. The van der Waals surface area contributed by atoms with Gasteiger partial charge in [0.2, 0.25) is 0 Å². The van der Waals surface area contributed by atoms with Gasteiger partial charge in [-0.15, -0.1) is 0 Å². The van der Waals surface area contributed by atoms with E-state index in [1.54, 1.807) is 5.57 Å². The average Bonchev–Trinajstić information content (AvgIpc) is 2.59. The van der Waals surface area contributed by atoms with Crippen LogP contribution in [0.1, 0.15) is 44.9 Å². The van der Waals surface area contributed by atoms with Crippen molar-refractivity contribution in [3.05, 3.63) is 11.6 Å². The molecule has 0 radical (unpaired) electrons. The van der Waals surface area contributed by atoms with Gasteiger partial charge in [-0.05, 0) is 51.5 Å². The van der Waals surface area contributed by atoms with Gasteiger partial charge in [-0.2, -0.15) is 0 Å². The summed E-state index contributed by atoms with van der Waals surface area (Å²) in [4.78, 5) is 0. The maximum absolute atomic E-state index is 3.56. The van der Waals surface area contributed by atoms with E-state index in [0.29, 0.717) is 0 Å². The lowest BCUT2D eigenvalue weighted by Crippen LogP contribution is -2.21. The van der Waals surface area contributed by atoms with Gasteiger partial charge in [-0.25, -0.2) is 0 Å². The van der Waals surface area contributed by atoms with Crippen molar-refractivity contribution in [2.45, 2.75) is 51.0 Å². The van der Waals surface area contributed by atoms with Crippen LogP contribution in [0.15, 0.2) is 11.6 Å². The van der Waals surface area contributed by atoms with Crippen LogP contribution >= 0.6 is 0 Å². The highest BCUT2D eigenvalue weighted by atomic mass is 14.9. The Morgan fingerprint density at radius 1 is 1.33 bits per heavy atom. The highest BCUT2D eigenvalue weighted by Crippen LogP contribution is 2.23. The molecular weight excluding hydrogens is 146 g/mol. The summed E-state index contributed by atoms with van der Waals surface area (Å²) in [5.74, 6) is 0. The fourth-order valence-electron chi connectivity index (χ4n) is 2.34. The third-order valence-corrected chi connectivity index (χ3v) is 3.06. The van der Waals surface area contributed by atoms with Gasteiger partial charge in [-0.3, -0.25) is 0 Å². The Morgan fingerprint density at radius 2 is 2.33 bits per heavy atom. The van der Waals surface area contributed by atoms with E-state index in [-0.39, 0.29) is 0 Å². The second-order valence-electron chi connectivity index (χ2n) is 4.11. The van der Waals surface area contributed by atoms with Crippen LogP contribution < -0.4 is 5.32 Å². The van der Waals surface area contributed by atoms with Crippen LogP contribution in [0.3, 0.4) is 0 Å². The smallest absolute Gasteiger partial charge is 0.0105 e. The van der Waals surface area contributed by atoms with Crippen molar-refractivity contribution in [3.63, 3.8) is 0 Å². The van der Waals surface area contributed by atoms with E-state index in [4.69, 9.17) is 0 Å². The summed E-state index contributed by atoms with van der Waals surface area (Å²) in [5, 5.41) is 3.56. The lowest BCUT2D eigenvalue weighted by Gasteiger charge is -2.16. The highest BCUT2D eigenvalue weighted by molar-refractivity contribution is 5.07. The van der Waals surface area contributed by atoms with Crippen molar-refractivity contribution in [2.75, 3.05) is 6.54 Å². The van der Waals surface area contributed by atoms with Gasteiger partial charge in [0, 0.05) is 6.04 Å². The first-order chi connectivity index (χ1) is 5.95. The second-order valence-corrected chi connectivity index (χ2v) is 4.11. The second kappa shape index (κ2) is 4.08. The van der Waals surface area contributed by atoms with Gasteiger partial charge >= 0.3 is 0 Å². The molecule has 0 bridgehead atoms. The van der Waals surface area contributed by atoms with Crippen LogP contribution in [0, 0.1) is 0 Å². The molecule has 0 aromatic rings. The summed E-state index contributed by atoms with van der Waals surface area (Å²) in [5.41, 5.74) is 1.72. The van der Waals surface area contributed by atoms with Gasteiger partial charge in [-0.1, -0.05) is 11.6 Å². The Balaban J connectivity index is 1.80. The highest BCUT2D eigenvalue weighted by Gasteiger charge is 2.15. The predicted molar refractivity (Wildman–Crippen MR) is 52.2 cm³/mol. The van der Waals surface area contributed by atoms with Gasteiger partial charge in [0.25, 0.3) is 0 Å². The molecule has 0 spiro atoms. The van der Waals surface area contributed by atoms with E-state index < -0.39 is 0 Å². The zero-order valence-corrected chi connectivity index (χ0v) is 7.81. The minimum absolute atomic E-state index is 0.814. The molecule has 1 heteroatoms. The van der Waals surface area contributed by atoms with Gasteiger partial charge in [0.1, 0.15) is 0 Å². The molecular formula is C11H19N. The molecule has 2 rings (SSSR count). The van der Waals surface area contributed by atoms with Gasteiger partial charge in [0.05, 0.1) is 0 Å². The van der Waals surface area contributed by atoms with E-state index >= 15 is 0 Å². The molecule has 0 aromatic carbocycles. The Kier molecular flexibility index (Phi) is 2.83. The van der Waals surface area contributed by atoms with E-state index in [9.17, 15) is 0 Å². The minimum atomic E-state index is 0.814. The summed E-state index contributed by atoms with van der Waals surface area (Å²) < 4.78 is 0. The molecule has 0 saturated carbocycles. The SMILES string of the molecule is C1=C(CC2CCCN2)CCCC1. The van der Waals surface area contributed by atoms with Crippen molar-refractivity contribution < 1.29 is 0 Å². The summed E-state index contributed by atoms with van der Waals surface area (Å²) in [7, 11) is 0. The van der Waals surface area contributed by atoms with Crippen LogP contribution in [-0.2, 0) is 0 Å². The van der Waals surface area contributed by atoms with Crippen molar-refractivity contribution in [3.8, 4) is 0 Å². The van der Waals surface area contributed by atoms with Crippen molar-refractivity contribution in [1.29, 1.82) is 0 Å². The number of hydrogen-bond donors (Lipinski definition) is 1. The molecule has 1 atom stereocenters. The first kappa shape index (κ1) is 8.31. The molecule has 1 N–H and O–H groups in total. The molecule has 1 unspecified atom stereocenters. The zero-order valence-electron chi connectivity index (χ0n) is 7.81. The fourth-order valence-corrected chi connectivity index (χ4v) is 2.34. The number of rotatable bonds is 2. The standard InChI is InChI=1S/C11H19N/c1-2-5-10(6-3-1)9-11-7-4-8-12-11/h5,11-12H,1-4,6-9H2. The normalized spacial score (nSPS) is 30.3. The van der Waals surface area contributed by atoms with Crippen LogP contribution in [0.5, 0.6) is 0 Å². The maximum atomic E-state index is 3.56. The molecule has 1 aliphatic carbocycles. The topological polar surface area (TPSA) is 12.0 Å². The predicted octanol–water partition coefficient (Wildman–Crippen LogP) is 2.63. The number of allylic oxidation sites excluding steroid dienone is 1. The minimum Gasteiger partial charge on any atom is -0.314 e. The van der Waals surface area contributed by atoms with E-state index in [1.165, 1.54) is 51.5 Å². The van der Waals surface area contributed by atoms with Crippen molar-refractivity contribution >= 4 is 0 Å². The first-order valence-corrected chi connectivity index (χ1v) is 5.36. The van der Waals surface area contributed by atoms with E-state index in [0.717, 1.165) is 6.04 Å². The lowest BCUT2D eigenvalue weighted by molar-refractivity contribution is 0.567. The maximum Gasteiger partial charge on any atom is 0.0105 e. The Labute approximate surface area is 75.2 Å². The molecule has 1 nitrogen and oxygen atoms in total. The lowest BCUT2D eigenvalue weighted by atomic mass is 9.94. The molecule has 2 aliphatic rings. The van der Waals surface area contributed by atoms with E-state index in [2.05, 4.69) is 11.4 Å². The van der Waals surface area contributed by atoms with E-state index in [1.807, 2.05) is 0 Å². The van der Waals surface area contributed by atoms with Crippen molar-refractivity contribution in [2.24, 2.45) is 0 Å². The molecule has 1 heterocycles. The molecule has 0 amide bonds. The summed E-state index contributed by atoms with van der Waals surface area (Å²) >= 11 is 0. The van der Waals surface area contributed by atoms with Crippen LogP contribution in [0.25, 0.3) is 0 Å². The van der Waals surface area contributed by atoms with Crippen LogP contribution in [0.2, 0.25) is 0 Å². The van der Waals surface area contributed by atoms with Gasteiger partial charge < -0.3 is 5.32 Å². The molecule has 1 aliphatic heterocycles. The molecule has 68 valence electrons. The third kappa shape index (κ3) is 2.10. The number of hydrogen-bond acceptors (Lipinski definition) is 1. The number of nitrogens with one attached hydrogen (secondary N) is 1. The summed E-state index contributed by atoms with van der Waals surface area (Å²) in [6.07, 6.45) is 12.2. The molecule has 12 heavy (non-hydrogen) atoms. The first-order valence-electron chi connectivity index (χ1n) is 5.36. The average molecular weight is 165 g/mol. The largest absolute Gasteiger partial charge is 0.314 e. The molecule has 1 fully saturated rings. The van der Waals surface area contributed by atoms with Gasteiger partial charge in [0.15, 0.2) is 0 Å².